The molecule has 2 atom stereocenters. The molecule has 2 bridgehead atoms. The SMILES string of the molecule is CC(C)(C)OC(=O)N1C2CCCC1CC(O)(C1=Cc3ccccc3C1)C2. The lowest BCUT2D eigenvalue weighted by Gasteiger charge is -2.52. The van der Waals surface area contributed by atoms with E-state index in [2.05, 4.69) is 24.3 Å². The van der Waals surface area contributed by atoms with Gasteiger partial charge in [0.1, 0.15) is 5.60 Å². The lowest BCUT2D eigenvalue weighted by atomic mass is 9.72. The van der Waals surface area contributed by atoms with Crippen LogP contribution in [0.1, 0.15) is 64.0 Å². The van der Waals surface area contributed by atoms with Crippen molar-refractivity contribution >= 4 is 12.2 Å². The lowest BCUT2D eigenvalue weighted by molar-refractivity contribution is -0.0759. The zero-order valence-corrected chi connectivity index (χ0v) is 16.0. The second kappa shape index (κ2) is 6.12. The fourth-order valence-corrected chi connectivity index (χ4v) is 4.88. The zero-order valence-electron chi connectivity index (χ0n) is 16.0. The molecular formula is C22H29NO3. The van der Waals surface area contributed by atoms with Gasteiger partial charge in [-0.1, -0.05) is 30.3 Å². The van der Waals surface area contributed by atoms with Crippen molar-refractivity contribution in [1.29, 1.82) is 0 Å². The molecule has 2 aliphatic heterocycles. The highest BCUT2D eigenvalue weighted by Crippen LogP contribution is 2.45. The van der Waals surface area contributed by atoms with Gasteiger partial charge in [0.25, 0.3) is 0 Å². The molecule has 1 amide bonds. The van der Waals surface area contributed by atoms with Gasteiger partial charge in [0.15, 0.2) is 0 Å². The van der Waals surface area contributed by atoms with E-state index in [-0.39, 0.29) is 18.2 Å². The van der Waals surface area contributed by atoms with Gasteiger partial charge in [-0.15, -0.1) is 0 Å². The fourth-order valence-electron chi connectivity index (χ4n) is 4.88. The van der Waals surface area contributed by atoms with Crippen molar-refractivity contribution in [3.05, 3.63) is 41.0 Å². The number of benzene rings is 1. The summed E-state index contributed by atoms with van der Waals surface area (Å²) in [5, 5.41) is 11.5. The number of rotatable bonds is 1. The van der Waals surface area contributed by atoms with Crippen LogP contribution in [-0.2, 0) is 11.2 Å². The third-order valence-corrected chi connectivity index (χ3v) is 5.98. The van der Waals surface area contributed by atoms with Crippen molar-refractivity contribution in [3.8, 4) is 0 Å². The molecule has 140 valence electrons. The van der Waals surface area contributed by atoms with Gasteiger partial charge in [0, 0.05) is 24.9 Å². The summed E-state index contributed by atoms with van der Waals surface area (Å²) in [6.45, 7) is 5.71. The number of carbonyl (C=O) groups excluding carboxylic acids is 1. The number of nitrogens with zero attached hydrogens (tertiary/aromatic N) is 1. The van der Waals surface area contributed by atoms with E-state index in [4.69, 9.17) is 4.74 Å². The van der Waals surface area contributed by atoms with E-state index in [9.17, 15) is 9.90 Å². The van der Waals surface area contributed by atoms with E-state index < -0.39 is 11.2 Å². The Bertz CT molecular complexity index is 732. The number of ether oxygens (including phenoxy) is 1. The van der Waals surface area contributed by atoms with Crippen LogP contribution in [0.15, 0.2) is 29.8 Å². The van der Waals surface area contributed by atoms with Gasteiger partial charge in [-0.2, -0.15) is 0 Å². The van der Waals surface area contributed by atoms with Crippen molar-refractivity contribution in [2.45, 2.75) is 82.6 Å². The molecule has 1 N–H and O–H groups in total. The summed E-state index contributed by atoms with van der Waals surface area (Å²) in [5.41, 5.74) is 2.31. The average Bonchev–Trinajstić information content (AvgIpc) is 2.97. The van der Waals surface area contributed by atoms with E-state index >= 15 is 0 Å². The highest BCUT2D eigenvalue weighted by Gasteiger charge is 2.50. The Kier molecular flexibility index (Phi) is 4.14. The van der Waals surface area contributed by atoms with Gasteiger partial charge in [-0.05, 0) is 63.2 Å². The molecule has 2 saturated heterocycles. The number of carbonyl (C=O) groups is 1. The quantitative estimate of drug-likeness (QED) is 0.817. The van der Waals surface area contributed by atoms with E-state index in [0.717, 1.165) is 31.3 Å². The summed E-state index contributed by atoms with van der Waals surface area (Å²) >= 11 is 0. The van der Waals surface area contributed by atoms with Gasteiger partial charge >= 0.3 is 6.09 Å². The van der Waals surface area contributed by atoms with Crippen molar-refractivity contribution in [3.63, 3.8) is 0 Å². The Morgan fingerprint density at radius 1 is 1.19 bits per heavy atom. The molecule has 3 aliphatic rings. The maximum absolute atomic E-state index is 12.7. The minimum Gasteiger partial charge on any atom is -0.444 e. The number of aliphatic hydroxyl groups is 1. The summed E-state index contributed by atoms with van der Waals surface area (Å²) in [7, 11) is 0. The molecule has 0 aromatic heterocycles. The van der Waals surface area contributed by atoms with Crippen LogP contribution in [-0.4, -0.2) is 39.4 Å². The Morgan fingerprint density at radius 2 is 1.85 bits per heavy atom. The first-order chi connectivity index (χ1) is 12.3. The fraction of sp³-hybridized carbons (Fsp3) is 0.591. The number of fused-ring (bicyclic) bond motifs is 3. The largest absolute Gasteiger partial charge is 0.444 e. The van der Waals surface area contributed by atoms with Gasteiger partial charge in [-0.3, -0.25) is 0 Å². The third-order valence-electron chi connectivity index (χ3n) is 5.98. The predicted molar refractivity (Wildman–Crippen MR) is 102 cm³/mol. The van der Waals surface area contributed by atoms with Gasteiger partial charge < -0.3 is 14.7 Å². The molecule has 1 aromatic rings. The van der Waals surface area contributed by atoms with Crippen LogP contribution in [0.25, 0.3) is 6.08 Å². The topological polar surface area (TPSA) is 49.8 Å². The van der Waals surface area contributed by atoms with E-state index in [0.29, 0.717) is 12.8 Å². The number of hydrogen-bond donors (Lipinski definition) is 1. The maximum Gasteiger partial charge on any atom is 0.410 e. The molecule has 2 unspecified atom stereocenters. The summed E-state index contributed by atoms with van der Waals surface area (Å²) in [6.07, 6.45) is 6.98. The molecule has 26 heavy (non-hydrogen) atoms. The first-order valence-corrected chi connectivity index (χ1v) is 9.78. The highest BCUT2D eigenvalue weighted by atomic mass is 16.6. The van der Waals surface area contributed by atoms with E-state index in [1.165, 1.54) is 11.1 Å². The van der Waals surface area contributed by atoms with Crippen LogP contribution in [0.2, 0.25) is 0 Å². The molecule has 2 fully saturated rings. The molecule has 2 heterocycles. The van der Waals surface area contributed by atoms with Crippen molar-refractivity contribution in [1.82, 2.24) is 4.90 Å². The van der Waals surface area contributed by atoms with Crippen LogP contribution in [0.3, 0.4) is 0 Å². The number of piperidine rings is 2. The van der Waals surface area contributed by atoms with E-state index in [1.54, 1.807) is 0 Å². The molecule has 4 heteroatoms. The number of hydrogen-bond acceptors (Lipinski definition) is 3. The molecule has 0 radical (unpaired) electrons. The predicted octanol–water partition coefficient (Wildman–Crippen LogP) is 4.31. The molecule has 1 aliphatic carbocycles. The summed E-state index contributed by atoms with van der Waals surface area (Å²) < 4.78 is 5.65. The second-order valence-electron chi connectivity index (χ2n) is 9.11. The maximum atomic E-state index is 12.7. The molecule has 0 saturated carbocycles. The number of amides is 1. The average molecular weight is 355 g/mol. The van der Waals surface area contributed by atoms with Crippen LogP contribution >= 0.6 is 0 Å². The van der Waals surface area contributed by atoms with Gasteiger partial charge in [0.2, 0.25) is 0 Å². The van der Waals surface area contributed by atoms with Crippen molar-refractivity contribution in [2.24, 2.45) is 0 Å². The Labute approximate surface area is 155 Å². The molecule has 4 rings (SSSR count). The van der Waals surface area contributed by atoms with Crippen molar-refractivity contribution < 1.29 is 14.6 Å². The van der Waals surface area contributed by atoms with E-state index in [1.807, 2.05) is 31.7 Å². The molecule has 1 aromatic carbocycles. The third kappa shape index (κ3) is 3.16. The smallest absolute Gasteiger partial charge is 0.410 e. The van der Waals surface area contributed by atoms with Crippen LogP contribution in [0.5, 0.6) is 0 Å². The van der Waals surface area contributed by atoms with Crippen LogP contribution < -0.4 is 0 Å². The minimum atomic E-state index is -0.812. The summed E-state index contributed by atoms with van der Waals surface area (Å²) in [5.74, 6) is 0. The summed E-state index contributed by atoms with van der Waals surface area (Å²) in [4.78, 5) is 14.7. The minimum absolute atomic E-state index is 0.0620. The first-order valence-electron chi connectivity index (χ1n) is 9.78. The Hall–Kier alpha value is -1.81. The Balaban J connectivity index is 1.56. The van der Waals surface area contributed by atoms with Crippen LogP contribution in [0.4, 0.5) is 4.79 Å². The van der Waals surface area contributed by atoms with Crippen molar-refractivity contribution in [2.75, 3.05) is 0 Å². The zero-order chi connectivity index (χ0) is 18.5. The highest BCUT2D eigenvalue weighted by molar-refractivity contribution is 5.70. The molecule has 4 nitrogen and oxygen atoms in total. The summed E-state index contributed by atoms with van der Waals surface area (Å²) in [6, 6.07) is 8.47. The Morgan fingerprint density at radius 3 is 2.46 bits per heavy atom. The molecule has 0 spiro atoms. The van der Waals surface area contributed by atoms with Gasteiger partial charge in [-0.25, -0.2) is 4.79 Å². The standard InChI is InChI=1S/C22H29NO3/c1-21(2,3)26-20(24)23-18-9-6-10-19(23)14-22(25,13-18)17-11-15-7-4-5-8-16(15)12-17/h4-5,7-8,11,18-19,25H,6,9-10,12-14H2,1-3H3. The van der Waals surface area contributed by atoms with Gasteiger partial charge in [0.05, 0.1) is 5.60 Å². The lowest BCUT2D eigenvalue weighted by Crippen LogP contribution is -2.61. The monoisotopic (exact) mass is 355 g/mol. The second-order valence-corrected chi connectivity index (χ2v) is 9.11. The van der Waals surface area contributed by atoms with Crippen LogP contribution in [0, 0.1) is 0 Å². The molecular weight excluding hydrogens is 326 g/mol. The normalized spacial score (nSPS) is 30.6. The first kappa shape index (κ1) is 17.6.